The van der Waals surface area contributed by atoms with E-state index in [0.29, 0.717) is 12.0 Å². The lowest BCUT2D eigenvalue weighted by molar-refractivity contribution is 0.0778. The van der Waals surface area contributed by atoms with Gasteiger partial charge in [0.15, 0.2) is 5.82 Å². The van der Waals surface area contributed by atoms with Gasteiger partial charge in [-0.2, -0.15) is 21.8 Å². The summed E-state index contributed by atoms with van der Waals surface area (Å²) in [6, 6.07) is 0.363. The smallest absolute Gasteiger partial charge is 0.229 e. The van der Waals surface area contributed by atoms with Gasteiger partial charge in [0.1, 0.15) is 0 Å². The Labute approximate surface area is 145 Å². The van der Waals surface area contributed by atoms with Crippen LogP contribution in [0.4, 0.5) is 0 Å². The van der Waals surface area contributed by atoms with E-state index < -0.39 is 0 Å². The van der Waals surface area contributed by atoms with Crippen LogP contribution in [0.2, 0.25) is 0 Å². The average Bonchev–Trinajstić information content (AvgIpc) is 3.25. The molecule has 24 heavy (non-hydrogen) atoms. The zero-order valence-electron chi connectivity index (χ0n) is 13.9. The van der Waals surface area contributed by atoms with Crippen molar-refractivity contribution in [2.45, 2.75) is 31.3 Å². The van der Waals surface area contributed by atoms with Gasteiger partial charge in [0, 0.05) is 62.0 Å². The molecule has 4 heterocycles. The SMILES string of the molecule is Cn1cc([C@@H]2CSCCN2Cc2noc(C3CCOCC3)n2)cn1. The molecule has 0 bridgehead atoms. The molecule has 130 valence electrons. The molecular formula is C16H23N5O2S. The van der Waals surface area contributed by atoms with E-state index in [2.05, 4.69) is 26.3 Å². The predicted octanol–water partition coefficient (Wildman–Crippen LogP) is 1.99. The van der Waals surface area contributed by atoms with Crippen molar-refractivity contribution >= 4 is 11.8 Å². The van der Waals surface area contributed by atoms with Gasteiger partial charge in [-0.1, -0.05) is 5.16 Å². The van der Waals surface area contributed by atoms with E-state index >= 15 is 0 Å². The zero-order valence-corrected chi connectivity index (χ0v) is 14.7. The highest BCUT2D eigenvalue weighted by atomic mass is 32.2. The lowest BCUT2D eigenvalue weighted by Crippen LogP contribution is -2.35. The van der Waals surface area contributed by atoms with Crippen molar-refractivity contribution in [2.75, 3.05) is 31.3 Å². The highest BCUT2D eigenvalue weighted by Gasteiger charge is 2.28. The van der Waals surface area contributed by atoms with Crippen molar-refractivity contribution < 1.29 is 9.26 Å². The quantitative estimate of drug-likeness (QED) is 0.836. The molecule has 0 unspecified atom stereocenters. The van der Waals surface area contributed by atoms with Crippen LogP contribution in [0.25, 0.3) is 0 Å². The first kappa shape index (κ1) is 16.1. The number of aromatic nitrogens is 4. The summed E-state index contributed by atoms with van der Waals surface area (Å²) >= 11 is 1.99. The first-order chi connectivity index (χ1) is 11.8. The first-order valence-electron chi connectivity index (χ1n) is 8.50. The molecule has 8 heteroatoms. The first-order valence-corrected chi connectivity index (χ1v) is 9.65. The Kier molecular flexibility index (Phi) is 4.86. The molecular weight excluding hydrogens is 326 g/mol. The Morgan fingerprint density at radius 3 is 3.00 bits per heavy atom. The van der Waals surface area contributed by atoms with Gasteiger partial charge < -0.3 is 9.26 Å². The van der Waals surface area contributed by atoms with Gasteiger partial charge in [-0.05, 0) is 12.8 Å². The maximum Gasteiger partial charge on any atom is 0.229 e. The number of thioether (sulfide) groups is 1. The summed E-state index contributed by atoms with van der Waals surface area (Å²) < 4.78 is 12.8. The van der Waals surface area contributed by atoms with Crippen LogP contribution < -0.4 is 0 Å². The monoisotopic (exact) mass is 349 g/mol. The fraction of sp³-hybridized carbons (Fsp3) is 0.688. The summed E-state index contributed by atoms with van der Waals surface area (Å²) in [5.41, 5.74) is 1.26. The Bertz CT molecular complexity index is 667. The highest BCUT2D eigenvalue weighted by molar-refractivity contribution is 7.99. The van der Waals surface area contributed by atoms with Gasteiger partial charge in [-0.25, -0.2) is 0 Å². The summed E-state index contributed by atoms with van der Waals surface area (Å²) in [4.78, 5) is 7.10. The fourth-order valence-corrected chi connectivity index (χ4v) is 4.53. The maximum atomic E-state index is 5.53. The molecule has 0 aromatic carbocycles. The predicted molar refractivity (Wildman–Crippen MR) is 90.8 cm³/mol. The van der Waals surface area contributed by atoms with E-state index in [9.17, 15) is 0 Å². The largest absolute Gasteiger partial charge is 0.381 e. The van der Waals surface area contributed by atoms with Crippen LogP contribution in [0.15, 0.2) is 16.9 Å². The summed E-state index contributed by atoms with van der Waals surface area (Å²) in [6.45, 7) is 3.34. The molecule has 4 rings (SSSR count). The lowest BCUT2D eigenvalue weighted by atomic mass is 10.0. The molecule has 2 aromatic rings. The van der Waals surface area contributed by atoms with Crippen LogP contribution in [0.3, 0.4) is 0 Å². The van der Waals surface area contributed by atoms with Crippen LogP contribution in [-0.4, -0.2) is 56.1 Å². The molecule has 7 nitrogen and oxygen atoms in total. The number of aryl methyl sites for hydroxylation is 1. The number of hydrogen-bond donors (Lipinski definition) is 0. The van der Waals surface area contributed by atoms with Crippen LogP contribution in [0.5, 0.6) is 0 Å². The van der Waals surface area contributed by atoms with Crippen LogP contribution in [-0.2, 0) is 18.3 Å². The number of ether oxygens (including phenoxy) is 1. The van der Waals surface area contributed by atoms with Crippen LogP contribution in [0, 0.1) is 0 Å². The minimum absolute atomic E-state index is 0.353. The standard InChI is InChI=1S/C16H23N5O2S/c1-20-9-13(8-17-20)14-11-24-7-4-21(14)10-15-18-16(23-19-15)12-2-5-22-6-3-12/h8-9,12,14H,2-7,10-11H2,1H3/t14-/m0/s1. The highest BCUT2D eigenvalue weighted by Crippen LogP contribution is 2.31. The molecule has 2 saturated heterocycles. The normalized spacial score (nSPS) is 23.6. The third kappa shape index (κ3) is 3.50. The summed E-state index contributed by atoms with van der Waals surface area (Å²) in [6.07, 6.45) is 6.01. The molecule has 2 fully saturated rings. The third-order valence-corrected chi connectivity index (χ3v) is 5.77. The van der Waals surface area contributed by atoms with E-state index in [1.54, 1.807) is 0 Å². The van der Waals surface area contributed by atoms with Crippen molar-refractivity contribution in [1.29, 1.82) is 0 Å². The maximum absolute atomic E-state index is 5.53. The number of nitrogens with zero attached hydrogens (tertiary/aromatic N) is 5. The van der Waals surface area contributed by atoms with Gasteiger partial charge in [0.25, 0.3) is 0 Å². The molecule has 0 spiro atoms. The molecule has 1 atom stereocenters. The second-order valence-corrected chi connectivity index (χ2v) is 7.59. The van der Waals surface area contributed by atoms with Gasteiger partial charge in [0.05, 0.1) is 12.7 Å². The Balaban J connectivity index is 1.45. The van der Waals surface area contributed by atoms with Crippen molar-refractivity contribution in [3.63, 3.8) is 0 Å². The van der Waals surface area contributed by atoms with E-state index in [1.165, 1.54) is 5.56 Å². The molecule has 0 radical (unpaired) electrons. The Morgan fingerprint density at radius 2 is 2.21 bits per heavy atom. The minimum Gasteiger partial charge on any atom is -0.381 e. The molecule has 0 amide bonds. The molecule has 0 saturated carbocycles. The second kappa shape index (κ2) is 7.25. The lowest BCUT2D eigenvalue weighted by Gasteiger charge is -2.33. The zero-order chi connectivity index (χ0) is 16.4. The number of rotatable bonds is 4. The fourth-order valence-electron chi connectivity index (χ4n) is 3.37. The molecule has 0 aliphatic carbocycles. The number of hydrogen-bond acceptors (Lipinski definition) is 7. The molecule has 2 aliphatic rings. The van der Waals surface area contributed by atoms with E-state index in [4.69, 9.17) is 9.26 Å². The average molecular weight is 349 g/mol. The van der Waals surface area contributed by atoms with Gasteiger partial charge in [-0.3, -0.25) is 9.58 Å². The van der Waals surface area contributed by atoms with E-state index in [-0.39, 0.29) is 0 Å². The molecule has 0 N–H and O–H groups in total. The van der Waals surface area contributed by atoms with Crippen molar-refractivity contribution in [3.8, 4) is 0 Å². The van der Waals surface area contributed by atoms with Gasteiger partial charge in [0.2, 0.25) is 5.89 Å². The molecule has 2 aliphatic heterocycles. The van der Waals surface area contributed by atoms with Gasteiger partial charge in [-0.15, -0.1) is 0 Å². The van der Waals surface area contributed by atoms with E-state index in [0.717, 1.165) is 62.4 Å². The minimum atomic E-state index is 0.353. The topological polar surface area (TPSA) is 69.2 Å². The van der Waals surface area contributed by atoms with Gasteiger partial charge >= 0.3 is 0 Å². The summed E-state index contributed by atoms with van der Waals surface area (Å²) in [7, 11) is 1.96. The van der Waals surface area contributed by atoms with Crippen molar-refractivity contribution in [3.05, 3.63) is 29.7 Å². The van der Waals surface area contributed by atoms with Crippen molar-refractivity contribution in [2.24, 2.45) is 7.05 Å². The Hall–Kier alpha value is -1.38. The summed E-state index contributed by atoms with van der Waals surface area (Å²) in [5.74, 6) is 4.14. The van der Waals surface area contributed by atoms with E-state index in [1.807, 2.05) is 29.7 Å². The summed E-state index contributed by atoms with van der Waals surface area (Å²) in [5, 5.41) is 8.54. The van der Waals surface area contributed by atoms with Crippen LogP contribution in [0.1, 0.15) is 42.1 Å². The molecule has 2 aromatic heterocycles. The van der Waals surface area contributed by atoms with Crippen molar-refractivity contribution in [1.82, 2.24) is 24.8 Å². The third-order valence-electron chi connectivity index (χ3n) is 4.75. The van der Waals surface area contributed by atoms with Crippen LogP contribution >= 0.6 is 11.8 Å². The second-order valence-electron chi connectivity index (χ2n) is 6.44. The Morgan fingerprint density at radius 1 is 1.33 bits per heavy atom.